The Morgan fingerprint density at radius 1 is 1.54 bits per heavy atom. The second-order valence-electron chi connectivity index (χ2n) is 3.01. The summed E-state index contributed by atoms with van der Waals surface area (Å²) in [5, 5.41) is 5.46. The topological polar surface area (TPSA) is 39.7 Å². The third-order valence-corrected chi connectivity index (χ3v) is 1.83. The first-order valence-corrected chi connectivity index (χ1v) is 4.14. The largest absolute Gasteiger partial charge is 0.264 e. The van der Waals surface area contributed by atoms with Gasteiger partial charge in [0.05, 0.1) is 6.54 Å². The second-order valence-corrected chi connectivity index (χ2v) is 3.01. The van der Waals surface area contributed by atoms with Crippen molar-refractivity contribution < 1.29 is 0 Å². The number of nitrogens with one attached hydrogen (secondary N) is 2. The summed E-state index contributed by atoms with van der Waals surface area (Å²) in [7, 11) is 0. The van der Waals surface area contributed by atoms with Gasteiger partial charge in [-0.05, 0) is 12.5 Å². The standard InChI is InChI=1S/C9H11N4/c1-8-3-2-4-9(5-8)6-13-7-10-11-12-13/h2-5,11-12H,6H2,1H3. The maximum atomic E-state index is 3.70. The summed E-state index contributed by atoms with van der Waals surface area (Å²) in [6.45, 7) is 2.84. The number of hydrogen-bond donors (Lipinski definition) is 2. The molecule has 4 nitrogen and oxygen atoms in total. The van der Waals surface area contributed by atoms with E-state index in [2.05, 4.69) is 47.6 Å². The molecular weight excluding hydrogens is 164 g/mol. The normalized spacial score (nSPS) is 14.7. The van der Waals surface area contributed by atoms with Gasteiger partial charge in [0.1, 0.15) is 0 Å². The number of hydrazine groups is 2. The number of aryl methyl sites for hydroxylation is 1. The molecule has 13 heavy (non-hydrogen) atoms. The molecule has 1 radical (unpaired) electrons. The molecule has 0 aromatic heterocycles. The molecule has 0 atom stereocenters. The number of nitrogens with zero attached hydrogens (tertiary/aromatic N) is 2. The predicted octanol–water partition coefficient (Wildman–Crippen LogP) is 0.640. The number of hydrogen-bond acceptors (Lipinski definition) is 4. The number of hydrazone groups is 1. The Labute approximate surface area is 77.2 Å². The first kappa shape index (κ1) is 8.07. The van der Waals surface area contributed by atoms with E-state index in [1.165, 1.54) is 11.1 Å². The van der Waals surface area contributed by atoms with Crippen molar-refractivity contribution in [3.8, 4) is 0 Å². The van der Waals surface area contributed by atoms with Crippen molar-refractivity contribution in [2.45, 2.75) is 13.5 Å². The van der Waals surface area contributed by atoms with Crippen LogP contribution in [0.4, 0.5) is 0 Å². The molecule has 1 aromatic carbocycles. The average Bonchev–Trinajstić information content (AvgIpc) is 2.57. The summed E-state index contributed by atoms with van der Waals surface area (Å²) in [5.41, 5.74) is 7.93. The van der Waals surface area contributed by atoms with Crippen molar-refractivity contribution in [3.05, 3.63) is 35.4 Å². The highest BCUT2D eigenvalue weighted by molar-refractivity contribution is 5.55. The molecular formula is C9H11N4. The Hall–Kier alpha value is -1.55. The maximum Gasteiger partial charge on any atom is 0.212 e. The Kier molecular flexibility index (Phi) is 2.14. The van der Waals surface area contributed by atoms with Gasteiger partial charge in [-0.15, -0.1) is 10.6 Å². The van der Waals surface area contributed by atoms with E-state index in [1.807, 2.05) is 6.07 Å². The molecule has 1 heterocycles. The van der Waals surface area contributed by atoms with E-state index in [-0.39, 0.29) is 0 Å². The maximum absolute atomic E-state index is 3.70. The highest BCUT2D eigenvalue weighted by Gasteiger charge is 2.05. The van der Waals surface area contributed by atoms with Crippen LogP contribution in [-0.2, 0) is 6.54 Å². The molecule has 0 bridgehead atoms. The fourth-order valence-electron chi connectivity index (χ4n) is 1.26. The van der Waals surface area contributed by atoms with Crippen LogP contribution in [0.5, 0.6) is 0 Å². The molecule has 0 saturated heterocycles. The summed E-state index contributed by atoms with van der Waals surface area (Å²) in [6, 6.07) is 8.35. The van der Waals surface area contributed by atoms with Crippen LogP contribution in [0.3, 0.4) is 0 Å². The van der Waals surface area contributed by atoms with Gasteiger partial charge in [0.2, 0.25) is 6.34 Å². The third kappa shape index (κ3) is 1.97. The van der Waals surface area contributed by atoms with E-state index in [4.69, 9.17) is 0 Å². The molecule has 1 aliphatic heterocycles. The molecule has 0 saturated carbocycles. The molecule has 1 aliphatic rings. The quantitative estimate of drug-likeness (QED) is 0.693. The molecule has 0 aliphatic carbocycles. The van der Waals surface area contributed by atoms with Gasteiger partial charge in [-0.2, -0.15) is 0 Å². The van der Waals surface area contributed by atoms with Crippen molar-refractivity contribution >= 4 is 6.34 Å². The van der Waals surface area contributed by atoms with Crippen LogP contribution >= 0.6 is 0 Å². The molecule has 0 fully saturated rings. The van der Waals surface area contributed by atoms with Crippen LogP contribution in [0.25, 0.3) is 0 Å². The van der Waals surface area contributed by atoms with Crippen LogP contribution in [0.2, 0.25) is 0 Å². The Balaban J connectivity index is 2.04. The van der Waals surface area contributed by atoms with Gasteiger partial charge in [-0.25, -0.2) is 5.53 Å². The van der Waals surface area contributed by atoms with Gasteiger partial charge >= 0.3 is 0 Å². The molecule has 67 valence electrons. The van der Waals surface area contributed by atoms with Crippen LogP contribution in [0.15, 0.2) is 29.4 Å². The summed E-state index contributed by atoms with van der Waals surface area (Å²) in [5.74, 6) is 0. The first-order chi connectivity index (χ1) is 6.34. The molecule has 1 aromatic rings. The second kappa shape index (κ2) is 3.45. The molecule has 4 heteroatoms. The lowest BCUT2D eigenvalue weighted by atomic mass is 10.1. The fourth-order valence-corrected chi connectivity index (χ4v) is 1.26. The lowest BCUT2D eigenvalue weighted by Gasteiger charge is -2.12. The Morgan fingerprint density at radius 3 is 3.15 bits per heavy atom. The van der Waals surface area contributed by atoms with E-state index in [0.29, 0.717) is 0 Å². The van der Waals surface area contributed by atoms with Gasteiger partial charge in [0.25, 0.3) is 0 Å². The predicted molar refractivity (Wildman–Crippen MR) is 50.4 cm³/mol. The van der Waals surface area contributed by atoms with Crippen molar-refractivity contribution in [1.29, 1.82) is 0 Å². The van der Waals surface area contributed by atoms with Crippen LogP contribution < -0.4 is 11.1 Å². The van der Waals surface area contributed by atoms with Crippen LogP contribution in [0.1, 0.15) is 11.1 Å². The molecule has 2 N–H and O–H groups in total. The summed E-state index contributed by atoms with van der Waals surface area (Å²) < 4.78 is 0. The highest BCUT2D eigenvalue weighted by Crippen LogP contribution is 2.05. The van der Waals surface area contributed by atoms with Crippen molar-refractivity contribution in [2.24, 2.45) is 5.10 Å². The molecule has 0 spiro atoms. The van der Waals surface area contributed by atoms with E-state index < -0.39 is 0 Å². The minimum atomic E-state index is 0.762. The van der Waals surface area contributed by atoms with Crippen molar-refractivity contribution in [2.75, 3.05) is 0 Å². The zero-order valence-corrected chi connectivity index (χ0v) is 7.41. The van der Waals surface area contributed by atoms with E-state index >= 15 is 0 Å². The van der Waals surface area contributed by atoms with Crippen LogP contribution in [0, 0.1) is 6.92 Å². The van der Waals surface area contributed by atoms with Crippen molar-refractivity contribution in [1.82, 2.24) is 16.1 Å². The SMILES string of the molecule is Cc1cccc(CN2[C]=NNN2)c1. The fraction of sp³-hybridized carbons (Fsp3) is 0.222. The highest BCUT2D eigenvalue weighted by atomic mass is 15.8. The van der Waals surface area contributed by atoms with E-state index in [0.717, 1.165) is 6.54 Å². The summed E-state index contributed by atoms with van der Waals surface area (Å²) in [4.78, 5) is 0. The Bertz CT molecular complexity index is 321. The van der Waals surface area contributed by atoms with Gasteiger partial charge in [-0.3, -0.25) is 5.01 Å². The van der Waals surface area contributed by atoms with E-state index in [9.17, 15) is 0 Å². The smallest absolute Gasteiger partial charge is 0.212 e. The third-order valence-electron chi connectivity index (χ3n) is 1.83. The minimum absolute atomic E-state index is 0.762. The van der Waals surface area contributed by atoms with Crippen LogP contribution in [-0.4, -0.2) is 11.3 Å². The molecule has 0 amide bonds. The monoisotopic (exact) mass is 175 g/mol. The number of benzene rings is 1. The zero-order chi connectivity index (χ0) is 9.10. The lowest BCUT2D eigenvalue weighted by Crippen LogP contribution is -2.36. The minimum Gasteiger partial charge on any atom is -0.264 e. The zero-order valence-electron chi connectivity index (χ0n) is 7.41. The first-order valence-electron chi connectivity index (χ1n) is 4.14. The van der Waals surface area contributed by atoms with E-state index in [1.54, 1.807) is 5.01 Å². The lowest BCUT2D eigenvalue weighted by molar-refractivity contribution is 0.293. The average molecular weight is 175 g/mol. The van der Waals surface area contributed by atoms with Crippen molar-refractivity contribution in [3.63, 3.8) is 0 Å². The molecule has 0 unspecified atom stereocenters. The summed E-state index contributed by atoms with van der Waals surface area (Å²) >= 11 is 0. The van der Waals surface area contributed by atoms with Gasteiger partial charge in [-0.1, -0.05) is 29.8 Å². The molecule has 2 rings (SSSR count). The summed E-state index contributed by atoms with van der Waals surface area (Å²) in [6.07, 6.45) is 2.76. The van der Waals surface area contributed by atoms with Gasteiger partial charge in [0.15, 0.2) is 0 Å². The van der Waals surface area contributed by atoms with Gasteiger partial charge < -0.3 is 0 Å². The Morgan fingerprint density at radius 2 is 2.46 bits per heavy atom. The van der Waals surface area contributed by atoms with Gasteiger partial charge in [0, 0.05) is 0 Å². The number of rotatable bonds is 2.